The third-order valence-corrected chi connectivity index (χ3v) is 6.23. The Bertz CT molecular complexity index is 646. The van der Waals surface area contributed by atoms with E-state index < -0.39 is 0 Å². The lowest BCUT2D eigenvalue weighted by molar-refractivity contribution is -0.113. The van der Waals surface area contributed by atoms with E-state index in [2.05, 4.69) is 29.4 Å². The number of carbonyl (C=O) groups excluding carboxylic acids is 1. The summed E-state index contributed by atoms with van der Waals surface area (Å²) < 4.78 is 6.90. The van der Waals surface area contributed by atoms with Crippen LogP contribution in [0.1, 0.15) is 13.8 Å². The molecular formula is C15H19N3O2S3. The number of nitrogens with zero attached hydrogens (tertiary/aromatic N) is 2. The largest absolute Gasteiger partial charge is 0.497 e. The number of benzene rings is 1. The Morgan fingerprint density at radius 3 is 2.74 bits per heavy atom. The van der Waals surface area contributed by atoms with Crippen LogP contribution in [-0.4, -0.2) is 34.7 Å². The number of thioether (sulfide) groups is 2. The van der Waals surface area contributed by atoms with E-state index in [1.54, 1.807) is 24.9 Å². The van der Waals surface area contributed by atoms with E-state index in [0.29, 0.717) is 17.4 Å². The van der Waals surface area contributed by atoms with Crippen molar-refractivity contribution in [3.05, 3.63) is 24.3 Å². The van der Waals surface area contributed by atoms with Gasteiger partial charge in [-0.1, -0.05) is 54.8 Å². The molecule has 0 fully saturated rings. The molecular weight excluding hydrogens is 350 g/mol. The van der Waals surface area contributed by atoms with Crippen molar-refractivity contribution in [2.24, 2.45) is 5.92 Å². The van der Waals surface area contributed by atoms with E-state index in [1.807, 2.05) is 18.2 Å². The summed E-state index contributed by atoms with van der Waals surface area (Å²) in [5, 5.41) is 11.1. The molecule has 1 aromatic carbocycles. The lowest BCUT2D eigenvalue weighted by Gasteiger charge is -2.06. The van der Waals surface area contributed by atoms with E-state index in [4.69, 9.17) is 4.74 Å². The number of carbonyl (C=O) groups is 1. The summed E-state index contributed by atoms with van der Waals surface area (Å²) in [6, 6.07) is 7.29. The molecule has 0 aliphatic rings. The van der Waals surface area contributed by atoms with Crippen molar-refractivity contribution in [3.63, 3.8) is 0 Å². The minimum Gasteiger partial charge on any atom is -0.497 e. The van der Waals surface area contributed by atoms with Crippen LogP contribution in [0.5, 0.6) is 5.75 Å². The molecule has 0 bridgehead atoms. The molecule has 2 aromatic rings. The molecule has 0 saturated carbocycles. The van der Waals surface area contributed by atoms with Crippen LogP contribution in [0, 0.1) is 5.92 Å². The lowest BCUT2D eigenvalue weighted by Crippen LogP contribution is -2.13. The number of ether oxygens (including phenoxy) is 1. The molecule has 1 aromatic heterocycles. The number of methoxy groups -OCH3 is 1. The van der Waals surface area contributed by atoms with Gasteiger partial charge in [0.15, 0.2) is 8.68 Å². The van der Waals surface area contributed by atoms with Crippen LogP contribution in [0.4, 0.5) is 5.69 Å². The monoisotopic (exact) mass is 369 g/mol. The molecule has 23 heavy (non-hydrogen) atoms. The highest BCUT2D eigenvalue weighted by atomic mass is 32.2. The van der Waals surface area contributed by atoms with E-state index in [1.165, 1.54) is 23.1 Å². The zero-order chi connectivity index (χ0) is 16.7. The predicted molar refractivity (Wildman–Crippen MR) is 97.8 cm³/mol. The second-order valence-electron chi connectivity index (χ2n) is 5.11. The van der Waals surface area contributed by atoms with Gasteiger partial charge >= 0.3 is 0 Å². The molecule has 1 heterocycles. The second-order valence-corrected chi connectivity index (χ2v) is 8.57. The van der Waals surface area contributed by atoms with Gasteiger partial charge in [0.1, 0.15) is 5.75 Å². The lowest BCUT2D eigenvalue weighted by atomic mass is 10.3. The number of nitrogens with one attached hydrogen (secondary N) is 1. The molecule has 0 radical (unpaired) electrons. The number of aromatic nitrogens is 2. The fourth-order valence-corrected chi connectivity index (χ4v) is 4.37. The first-order valence-corrected chi connectivity index (χ1v) is 9.88. The summed E-state index contributed by atoms with van der Waals surface area (Å²) in [7, 11) is 1.60. The maximum atomic E-state index is 12.0. The van der Waals surface area contributed by atoms with Gasteiger partial charge in [-0.15, -0.1) is 10.2 Å². The fourth-order valence-electron chi connectivity index (χ4n) is 1.58. The van der Waals surface area contributed by atoms with Crippen LogP contribution in [0.25, 0.3) is 0 Å². The van der Waals surface area contributed by atoms with Crippen molar-refractivity contribution >= 4 is 46.5 Å². The molecule has 0 aliphatic heterocycles. The molecule has 124 valence electrons. The predicted octanol–water partition coefficient (Wildman–Crippen LogP) is 4.03. The van der Waals surface area contributed by atoms with E-state index in [9.17, 15) is 4.79 Å². The summed E-state index contributed by atoms with van der Waals surface area (Å²) in [4.78, 5) is 12.0. The molecule has 1 amide bonds. The molecule has 1 N–H and O–H groups in total. The van der Waals surface area contributed by atoms with Crippen LogP contribution >= 0.6 is 34.9 Å². The first kappa shape index (κ1) is 18.1. The Kier molecular flexibility index (Phi) is 7.19. The van der Waals surface area contributed by atoms with Gasteiger partial charge in [-0.25, -0.2) is 0 Å². The molecule has 0 spiro atoms. The fraction of sp³-hybridized carbons (Fsp3) is 0.400. The Morgan fingerprint density at radius 1 is 1.30 bits per heavy atom. The van der Waals surface area contributed by atoms with E-state index in [0.717, 1.165) is 20.1 Å². The van der Waals surface area contributed by atoms with Crippen LogP contribution < -0.4 is 10.1 Å². The normalized spacial score (nSPS) is 10.8. The van der Waals surface area contributed by atoms with E-state index in [-0.39, 0.29) is 5.91 Å². The minimum absolute atomic E-state index is 0.0742. The maximum Gasteiger partial charge on any atom is 0.234 e. The third kappa shape index (κ3) is 6.40. The van der Waals surface area contributed by atoms with Crippen LogP contribution in [0.15, 0.2) is 32.9 Å². The highest BCUT2D eigenvalue weighted by Gasteiger charge is 2.09. The standard InChI is InChI=1S/C15H19N3O2S3/c1-10(2)8-21-14-17-18-15(23-14)22-9-13(19)16-11-5-4-6-12(7-11)20-3/h4-7,10H,8-9H2,1-3H3,(H,16,19). The van der Waals surface area contributed by atoms with Gasteiger partial charge in [0.2, 0.25) is 5.91 Å². The highest BCUT2D eigenvalue weighted by Crippen LogP contribution is 2.29. The van der Waals surface area contributed by atoms with Crippen molar-refractivity contribution in [2.75, 3.05) is 23.9 Å². The topological polar surface area (TPSA) is 64.1 Å². The highest BCUT2D eigenvalue weighted by molar-refractivity contribution is 8.03. The number of amides is 1. The molecule has 0 saturated heterocycles. The summed E-state index contributed by atoms with van der Waals surface area (Å²) in [6.45, 7) is 4.35. The van der Waals surface area contributed by atoms with Gasteiger partial charge in [-0.3, -0.25) is 4.79 Å². The SMILES string of the molecule is COc1cccc(NC(=O)CSc2nnc(SCC(C)C)s2)c1. The first-order valence-electron chi connectivity index (χ1n) is 7.10. The Morgan fingerprint density at radius 2 is 2.04 bits per heavy atom. The van der Waals surface area contributed by atoms with Crippen molar-refractivity contribution < 1.29 is 9.53 Å². The molecule has 0 unspecified atom stereocenters. The van der Waals surface area contributed by atoms with Crippen molar-refractivity contribution in [2.45, 2.75) is 22.5 Å². The summed E-state index contributed by atoms with van der Waals surface area (Å²) in [6.07, 6.45) is 0. The molecule has 0 aliphatic carbocycles. The molecule has 8 heteroatoms. The average molecular weight is 370 g/mol. The van der Waals surface area contributed by atoms with Crippen molar-refractivity contribution in [1.82, 2.24) is 10.2 Å². The van der Waals surface area contributed by atoms with Crippen LogP contribution in [0.3, 0.4) is 0 Å². The second kappa shape index (κ2) is 9.14. The van der Waals surface area contributed by atoms with Gasteiger partial charge in [0.25, 0.3) is 0 Å². The zero-order valence-electron chi connectivity index (χ0n) is 13.2. The van der Waals surface area contributed by atoms with Crippen LogP contribution in [0.2, 0.25) is 0 Å². The average Bonchev–Trinajstić information content (AvgIpc) is 2.99. The van der Waals surface area contributed by atoms with Gasteiger partial charge in [-0.05, 0) is 18.1 Å². The Hall–Kier alpha value is -1.25. The summed E-state index contributed by atoms with van der Waals surface area (Å²) >= 11 is 4.64. The number of hydrogen-bond acceptors (Lipinski definition) is 7. The van der Waals surface area contributed by atoms with Gasteiger partial charge in [0, 0.05) is 17.5 Å². The van der Waals surface area contributed by atoms with Gasteiger partial charge in [0.05, 0.1) is 12.9 Å². The Balaban J connectivity index is 1.80. The summed E-state index contributed by atoms with van der Waals surface area (Å²) in [5.41, 5.74) is 0.723. The van der Waals surface area contributed by atoms with Crippen molar-refractivity contribution in [3.8, 4) is 5.75 Å². The number of hydrogen-bond donors (Lipinski definition) is 1. The Labute approximate surface area is 148 Å². The number of rotatable bonds is 8. The third-order valence-electron chi connectivity index (χ3n) is 2.61. The molecule has 2 rings (SSSR count). The first-order chi connectivity index (χ1) is 11.1. The minimum atomic E-state index is -0.0742. The smallest absolute Gasteiger partial charge is 0.234 e. The van der Waals surface area contributed by atoms with Crippen LogP contribution in [-0.2, 0) is 4.79 Å². The van der Waals surface area contributed by atoms with E-state index >= 15 is 0 Å². The van der Waals surface area contributed by atoms with Gasteiger partial charge < -0.3 is 10.1 Å². The molecule has 5 nitrogen and oxygen atoms in total. The summed E-state index contributed by atoms with van der Waals surface area (Å²) in [5.74, 6) is 2.59. The van der Waals surface area contributed by atoms with Crippen molar-refractivity contribution in [1.29, 1.82) is 0 Å². The number of anilines is 1. The quantitative estimate of drug-likeness (QED) is 0.709. The molecule has 0 atom stereocenters. The zero-order valence-corrected chi connectivity index (χ0v) is 15.7. The maximum absolute atomic E-state index is 12.0. The van der Waals surface area contributed by atoms with Gasteiger partial charge in [-0.2, -0.15) is 0 Å².